The van der Waals surface area contributed by atoms with Crippen molar-refractivity contribution in [3.05, 3.63) is 77.8 Å². The van der Waals surface area contributed by atoms with E-state index in [9.17, 15) is 13.6 Å². The first-order valence-electron chi connectivity index (χ1n) is 9.07. The van der Waals surface area contributed by atoms with Crippen LogP contribution in [0.3, 0.4) is 0 Å². The van der Waals surface area contributed by atoms with Gasteiger partial charge in [-0.3, -0.25) is 4.79 Å². The van der Waals surface area contributed by atoms with Gasteiger partial charge in [-0.25, -0.2) is 13.8 Å². The molecule has 0 saturated heterocycles. The average molecular weight is 384 g/mol. The molecule has 0 spiro atoms. The number of nitrogens with one attached hydrogen (secondary N) is 1. The van der Waals surface area contributed by atoms with Crippen LogP contribution in [0.25, 0.3) is 11.3 Å². The zero-order valence-electron chi connectivity index (χ0n) is 15.8. The van der Waals surface area contributed by atoms with E-state index in [1.165, 1.54) is 18.2 Å². The van der Waals surface area contributed by atoms with Gasteiger partial charge in [0.05, 0.1) is 6.20 Å². The molecule has 3 rings (SSSR count). The number of carbonyl (C=O) groups is 1. The van der Waals surface area contributed by atoms with Crippen molar-refractivity contribution in [1.29, 1.82) is 0 Å². The molecule has 3 aromatic rings. The highest BCUT2D eigenvalue weighted by atomic mass is 19.1. The van der Waals surface area contributed by atoms with Crippen molar-refractivity contribution in [2.24, 2.45) is 0 Å². The van der Waals surface area contributed by atoms with Gasteiger partial charge in [-0.1, -0.05) is 32.0 Å². The summed E-state index contributed by atoms with van der Waals surface area (Å²) >= 11 is 0. The predicted octanol–water partition coefficient (Wildman–Crippen LogP) is 4.65. The van der Waals surface area contributed by atoms with Crippen LogP contribution in [0.4, 0.5) is 8.78 Å². The van der Waals surface area contributed by atoms with Gasteiger partial charge in [-0.05, 0) is 35.9 Å². The first-order chi connectivity index (χ1) is 13.3. The van der Waals surface area contributed by atoms with Gasteiger partial charge in [0.1, 0.15) is 11.6 Å². The third-order valence-corrected chi connectivity index (χ3v) is 4.58. The van der Waals surface area contributed by atoms with E-state index in [1.54, 1.807) is 36.5 Å². The van der Waals surface area contributed by atoms with Gasteiger partial charge >= 0.3 is 0 Å². The van der Waals surface area contributed by atoms with Crippen molar-refractivity contribution in [1.82, 2.24) is 10.3 Å². The van der Waals surface area contributed by atoms with Gasteiger partial charge in [0.15, 0.2) is 11.7 Å². The van der Waals surface area contributed by atoms with E-state index in [1.807, 2.05) is 13.8 Å². The van der Waals surface area contributed by atoms with Gasteiger partial charge in [0.2, 0.25) is 5.91 Å². The predicted molar refractivity (Wildman–Crippen MR) is 103 cm³/mol. The lowest BCUT2D eigenvalue weighted by Crippen LogP contribution is -2.37. The van der Waals surface area contributed by atoms with Crippen molar-refractivity contribution in [3.8, 4) is 11.3 Å². The second kappa shape index (κ2) is 8.33. The lowest BCUT2D eigenvalue weighted by Gasteiger charge is -2.26. The molecule has 0 aliphatic heterocycles. The van der Waals surface area contributed by atoms with Crippen LogP contribution < -0.4 is 5.32 Å². The van der Waals surface area contributed by atoms with Gasteiger partial charge in [0, 0.05) is 30.4 Å². The molecular weight excluding hydrogens is 362 g/mol. The molecule has 4 nitrogen and oxygen atoms in total. The van der Waals surface area contributed by atoms with Crippen molar-refractivity contribution < 1.29 is 18.0 Å². The number of aromatic nitrogens is 1. The second-order valence-electron chi connectivity index (χ2n) is 7.27. The molecule has 0 aliphatic carbocycles. The fourth-order valence-corrected chi connectivity index (χ4v) is 2.91. The van der Waals surface area contributed by atoms with Gasteiger partial charge < -0.3 is 9.73 Å². The Balaban J connectivity index is 1.52. The standard InChI is InChI=1S/C22H22F2N2O2/c1-22(2,17-5-3-4-6-18(17)24)14-26-20(27)11-12-21-25-13-19(28-21)15-7-9-16(23)10-8-15/h3-10,13H,11-12,14H2,1-2H3,(H,26,27). The minimum absolute atomic E-state index is 0.161. The molecular formula is C22H22F2N2O2. The van der Waals surface area contributed by atoms with Gasteiger partial charge in [-0.2, -0.15) is 0 Å². The maximum absolute atomic E-state index is 14.0. The number of oxazole rings is 1. The molecule has 146 valence electrons. The molecule has 0 atom stereocenters. The Morgan fingerprint density at radius 1 is 1.11 bits per heavy atom. The zero-order valence-corrected chi connectivity index (χ0v) is 15.8. The number of rotatable bonds is 7. The molecule has 6 heteroatoms. The van der Waals surface area contributed by atoms with Crippen molar-refractivity contribution >= 4 is 5.91 Å². The van der Waals surface area contributed by atoms with Crippen LogP contribution in [0.2, 0.25) is 0 Å². The Kier molecular flexibility index (Phi) is 5.87. The second-order valence-corrected chi connectivity index (χ2v) is 7.27. The third-order valence-electron chi connectivity index (χ3n) is 4.58. The average Bonchev–Trinajstić information content (AvgIpc) is 3.14. The summed E-state index contributed by atoms with van der Waals surface area (Å²) < 4.78 is 32.6. The van der Waals surface area contributed by atoms with Crippen LogP contribution in [0.1, 0.15) is 31.7 Å². The summed E-state index contributed by atoms with van der Waals surface area (Å²) in [6.07, 6.45) is 2.10. The fourth-order valence-electron chi connectivity index (χ4n) is 2.91. The molecule has 1 aromatic heterocycles. The number of amides is 1. The van der Waals surface area contributed by atoms with E-state index in [2.05, 4.69) is 10.3 Å². The van der Waals surface area contributed by atoms with Crippen LogP contribution in [0, 0.1) is 11.6 Å². The van der Waals surface area contributed by atoms with Crippen molar-refractivity contribution in [3.63, 3.8) is 0 Å². The highest BCUT2D eigenvalue weighted by Crippen LogP contribution is 2.25. The number of nitrogens with zero attached hydrogens (tertiary/aromatic N) is 1. The summed E-state index contributed by atoms with van der Waals surface area (Å²) in [7, 11) is 0. The van der Waals surface area contributed by atoms with Crippen LogP contribution in [0.5, 0.6) is 0 Å². The maximum atomic E-state index is 14.0. The Morgan fingerprint density at radius 2 is 1.82 bits per heavy atom. The summed E-state index contributed by atoms with van der Waals surface area (Å²) in [5.74, 6) is 0.193. The number of hydrogen-bond donors (Lipinski definition) is 1. The van der Waals surface area contributed by atoms with E-state index in [0.717, 1.165) is 5.56 Å². The number of aryl methyl sites for hydroxylation is 1. The van der Waals surface area contributed by atoms with Gasteiger partial charge in [0.25, 0.3) is 0 Å². The minimum Gasteiger partial charge on any atom is -0.441 e. The number of carbonyl (C=O) groups excluding carboxylic acids is 1. The van der Waals surface area contributed by atoms with Crippen LogP contribution in [-0.2, 0) is 16.6 Å². The largest absolute Gasteiger partial charge is 0.441 e. The molecule has 0 bridgehead atoms. The van der Waals surface area contributed by atoms with Crippen molar-refractivity contribution in [2.45, 2.75) is 32.1 Å². The molecule has 0 unspecified atom stereocenters. The van der Waals surface area contributed by atoms with E-state index < -0.39 is 5.41 Å². The summed E-state index contributed by atoms with van der Waals surface area (Å²) in [6.45, 7) is 4.09. The van der Waals surface area contributed by atoms with E-state index in [-0.39, 0.29) is 24.0 Å². The van der Waals surface area contributed by atoms with E-state index in [4.69, 9.17) is 4.42 Å². The molecule has 1 N–H and O–H groups in total. The zero-order chi connectivity index (χ0) is 20.1. The molecule has 28 heavy (non-hydrogen) atoms. The summed E-state index contributed by atoms with van der Waals surface area (Å²) in [6, 6.07) is 12.5. The minimum atomic E-state index is -0.528. The van der Waals surface area contributed by atoms with Gasteiger partial charge in [-0.15, -0.1) is 0 Å². The monoisotopic (exact) mass is 384 g/mol. The SMILES string of the molecule is CC(C)(CNC(=O)CCc1ncc(-c2ccc(F)cc2)o1)c1ccccc1F. The lowest BCUT2D eigenvalue weighted by molar-refractivity contribution is -0.121. The Bertz CT molecular complexity index is 949. The highest BCUT2D eigenvalue weighted by molar-refractivity contribution is 5.76. The smallest absolute Gasteiger partial charge is 0.220 e. The van der Waals surface area contributed by atoms with Crippen LogP contribution in [0.15, 0.2) is 59.1 Å². The van der Waals surface area contributed by atoms with E-state index in [0.29, 0.717) is 30.2 Å². The molecule has 0 saturated carbocycles. The maximum Gasteiger partial charge on any atom is 0.220 e. The first kappa shape index (κ1) is 19.7. The van der Waals surface area contributed by atoms with E-state index >= 15 is 0 Å². The Morgan fingerprint density at radius 3 is 2.54 bits per heavy atom. The molecule has 0 radical (unpaired) electrons. The topological polar surface area (TPSA) is 55.1 Å². The first-order valence-corrected chi connectivity index (χ1v) is 9.07. The van der Waals surface area contributed by atoms with Crippen LogP contribution >= 0.6 is 0 Å². The van der Waals surface area contributed by atoms with Crippen molar-refractivity contribution in [2.75, 3.05) is 6.54 Å². The highest BCUT2D eigenvalue weighted by Gasteiger charge is 2.24. The van der Waals surface area contributed by atoms with Crippen LogP contribution in [-0.4, -0.2) is 17.4 Å². The quantitative estimate of drug-likeness (QED) is 0.645. The lowest BCUT2D eigenvalue weighted by atomic mass is 9.84. The molecule has 1 heterocycles. The summed E-state index contributed by atoms with van der Waals surface area (Å²) in [5.41, 5.74) is 0.753. The normalized spacial score (nSPS) is 11.4. The molecule has 1 amide bonds. The number of halogens is 2. The molecule has 0 fully saturated rings. The number of benzene rings is 2. The third kappa shape index (κ3) is 4.82. The summed E-state index contributed by atoms with van der Waals surface area (Å²) in [4.78, 5) is 16.3. The fraction of sp³-hybridized carbons (Fsp3) is 0.273. The Labute approximate surface area is 162 Å². The molecule has 2 aromatic carbocycles. The molecule has 0 aliphatic rings. The Hall–Kier alpha value is -3.02. The summed E-state index contributed by atoms with van der Waals surface area (Å²) in [5, 5.41) is 2.85. The number of hydrogen-bond acceptors (Lipinski definition) is 3.